The van der Waals surface area contributed by atoms with Gasteiger partial charge in [0, 0.05) is 14.9 Å². The van der Waals surface area contributed by atoms with Crippen LogP contribution < -0.4 is 0 Å². The Morgan fingerprint density at radius 1 is 1.06 bits per heavy atom. The molecule has 0 heterocycles. The minimum atomic E-state index is -0.415. The number of hydrogen-bond donors (Lipinski definition) is 1. The molecule has 18 heavy (non-hydrogen) atoms. The number of aryl methyl sites for hydroxylation is 1. The maximum absolute atomic E-state index is 10.7. The lowest BCUT2D eigenvalue weighted by atomic mass is 9.98. The molecule has 1 aliphatic rings. The number of rotatable bonds is 2. The van der Waals surface area contributed by atoms with Gasteiger partial charge in [0.15, 0.2) is 0 Å². The third-order valence-corrected chi connectivity index (χ3v) is 6.59. The SMILES string of the molecule is Cc1cc(Br)c(C(O)C2C(C)(C)C2(C)C)cc1Br. The third-order valence-electron chi connectivity index (χ3n) is 5.04. The van der Waals surface area contributed by atoms with Crippen molar-refractivity contribution in [1.82, 2.24) is 0 Å². The summed E-state index contributed by atoms with van der Waals surface area (Å²) >= 11 is 7.12. The van der Waals surface area contributed by atoms with E-state index in [1.54, 1.807) is 0 Å². The normalized spacial score (nSPS) is 22.9. The number of aliphatic hydroxyl groups excluding tert-OH is 1. The van der Waals surface area contributed by atoms with Gasteiger partial charge in [-0.1, -0.05) is 59.6 Å². The van der Waals surface area contributed by atoms with E-state index >= 15 is 0 Å². The summed E-state index contributed by atoms with van der Waals surface area (Å²) in [5.74, 6) is 0.302. The molecule has 1 fully saturated rings. The van der Waals surface area contributed by atoms with E-state index in [9.17, 15) is 5.11 Å². The maximum Gasteiger partial charge on any atom is 0.0840 e. The van der Waals surface area contributed by atoms with E-state index in [2.05, 4.69) is 72.5 Å². The van der Waals surface area contributed by atoms with Gasteiger partial charge in [-0.05, 0) is 41.0 Å². The van der Waals surface area contributed by atoms with Crippen LogP contribution in [0.25, 0.3) is 0 Å². The molecule has 1 aromatic rings. The molecular weight excluding hydrogens is 356 g/mol. The average molecular weight is 376 g/mol. The Morgan fingerprint density at radius 2 is 1.56 bits per heavy atom. The monoisotopic (exact) mass is 374 g/mol. The van der Waals surface area contributed by atoms with Crippen molar-refractivity contribution in [1.29, 1.82) is 0 Å². The van der Waals surface area contributed by atoms with Gasteiger partial charge in [0.1, 0.15) is 0 Å². The van der Waals surface area contributed by atoms with Crippen LogP contribution in [-0.4, -0.2) is 5.11 Å². The van der Waals surface area contributed by atoms with E-state index in [0.717, 1.165) is 14.5 Å². The summed E-state index contributed by atoms with van der Waals surface area (Å²) in [6.45, 7) is 11.0. The fraction of sp³-hybridized carbons (Fsp3) is 0.600. The van der Waals surface area contributed by atoms with E-state index in [-0.39, 0.29) is 10.8 Å². The lowest BCUT2D eigenvalue weighted by Crippen LogP contribution is -2.06. The molecule has 0 aromatic heterocycles. The Labute approximate surface area is 126 Å². The number of halogens is 2. The number of benzene rings is 1. The second-order valence-electron chi connectivity index (χ2n) is 6.49. The van der Waals surface area contributed by atoms with Crippen LogP contribution in [0.4, 0.5) is 0 Å². The highest BCUT2D eigenvalue weighted by molar-refractivity contribution is 9.11. The molecule has 1 aliphatic carbocycles. The molecule has 1 N–H and O–H groups in total. The molecule has 0 bridgehead atoms. The van der Waals surface area contributed by atoms with Crippen LogP contribution in [0, 0.1) is 23.7 Å². The quantitative estimate of drug-likeness (QED) is 0.749. The Bertz CT molecular complexity index is 478. The minimum Gasteiger partial charge on any atom is -0.388 e. The van der Waals surface area contributed by atoms with Crippen molar-refractivity contribution >= 4 is 31.9 Å². The van der Waals surface area contributed by atoms with Gasteiger partial charge in [-0.2, -0.15) is 0 Å². The third kappa shape index (κ3) is 1.99. The van der Waals surface area contributed by atoms with Crippen molar-refractivity contribution in [3.63, 3.8) is 0 Å². The first-order chi connectivity index (χ1) is 8.10. The van der Waals surface area contributed by atoms with E-state index < -0.39 is 6.10 Å². The first-order valence-electron chi connectivity index (χ1n) is 6.24. The average Bonchev–Trinajstić information content (AvgIpc) is 2.62. The van der Waals surface area contributed by atoms with Crippen LogP contribution in [0.1, 0.15) is 44.9 Å². The predicted molar refractivity (Wildman–Crippen MR) is 82.6 cm³/mol. The smallest absolute Gasteiger partial charge is 0.0840 e. The van der Waals surface area contributed by atoms with Crippen molar-refractivity contribution in [3.8, 4) is 0 Å². The van der Waals surface area contributed by atoms with E-state index in [0.29, 0.717) is 5.92 Å². The molecule has 1 aromatic carbocycles. The van der Waals surface area contributed by atoms with Gasteiger partial charge in [-0.25, -0.2) is 0 Å². The number of hydrogen-bond acceptors (Lipinski definition) is 1. The van der Waals surface area contributed by atoms with Gasteiger partial charge in [-0.3, -0.25) is 0 Å². The molecule has 0 aliphatic heterocycles. The second-order valence-corrected chi connectivity index (χ2v) is 8.20. The highest BCUT2D eigenvalue weighted by Crippen LogP contribution is 2.72. The minimum absolute atomic E-state index is 0.184. The van der Waals surface area contributed by atoms with E-state index in [1.807, 2.05) is 6.07 Å². The molecule has 1 nitrogen and oxygen atoms in total. The van der Waals surface area contributed by atoms with Crippen LogP contribution in [0.3, 0.4) is 0 Å². The predicted octanol–water partition coefficient (Wildman–Crippen LogP) is 5.24. The Balaban J connectivity index is 2.37. The molecule has 3 heteroatoms. The van der Waals surface area contributed by atoms with Crippen molar-refractivity contribution in [2.45, 2.75) is 40.7 Å². The van der Waals surface area contributed by atoms with Crippen molar-refractivity contribution < 1.29 is 5.11 Å². The van der Waals surface area contributed by atoms with Crippen LogP contribution in [-0.2, 0) is 0 Å². The summed E-state index contributed by atoms with van der Waals surface area (Å²) in [6.07, 6.45) is -0.415. The largest absolute Gasteiger partial charge is 0.388 e. The Kier molecular flexibility index (Phi) is 3.49. The van der Waals surface area contributed by atoms with Gasteiger partial charge in [0.05, 0.1) is 6.10 Å². The lowest BCUT2D eigenvalue weighted by molar-refractivity contribution is 0.130. The maximum atomic E-state index is 10.7. The van der Waals surface area contributed by atoms with Gasteiger partial charge >= 0.3 is 0 Å². The lowest BCUT2D eigenvalue weighted by Gasteiger charge is -2.16. The summed E-state index contributed by atoms with van der Waals surface area (Å²) in [5.41, 5.74) is 2.52. The Morgan fingerprint density at radius 3 is 2.00 bits per heavy atom. The van der Waals surface area contributed by atoms with Gasteiger partial charge in [0.25, 0.3) is 0 Å². The highest BCUT2D eigenvalue weighted by Gasteiger charge is 2.67. The zero-order valence-electron chi connectivity index (χ0n) is 11.5. The van der Waals surface area contributed by atoms with Crippen molar-refractivity contribution in [2.75, 3.05) is 0 Å². The zero-order valence-corrected chi connectivity index (χ0v) is 14.7. The van der Waals surface area contributed by atoms with E-state index in [1.165, 1.54) is 5.56 Å². The van der Waals surface area contributed by atoms with Gasteiger partial charge in [-0.15, -0.1) is 0 Å². The highest BCUT2D eigenvalue weighted by atomic mass is 79.9. The van der Waals surface area contributed by atoms with Gasteiger partial charge in [0.2, 0.25) is 0 Å². The molecule has 1 atom stereocenters. The summed E-state index contributed by atoms with van der Waals surface area (Å²) in [5, 5.41) is 10.7. The number of aliphatic hydroxyl groups is 1. The second kappa shape index (κ2) is 4.32. The molecule has 100 valence electrons. The summed E-state index contributed by atoms with van der Waals surface area (Å²) in [6, 6.07) is 4.10. The zero-order chi connectivity index (χ0) is 13.9. The van der Waals surface area contributed by atoms with Crippen molar-refractivity contribution in [2.24, 2.45) is 16.7 Å². The Hall–Kier alpha value is 0.140. The molecule has 0 radical (unpaired) electrons. The standard InChI is InChI=1S/C15H20Br2O/c1-8-6-11(17)9(7-10(8)16)12(18)13-14(2,3)15(13,4)5/h6-7,12-13,18H,1-5H3. The van der Waals surface area contributed by atoms with Crippen LogP contribution in [0.5, 0.6) is 0 Å². The van der Waals surface area contributed by atoms with Crippen LogP contribution in [0.2, 0.25) is 0 Å². The molecule has 0 amide bonds. The van der Waals surface area contributed by atoms with Gasteiger partial charge < -0.3 is 5.11 Å². The summed E-state index contributed by atoms with van der Waals surface area (Å²) in [7, 11) is 0. The summed E-state index contributed by atoms with van der Waals surface area (Å²) in [4.78, 5) is 0. The summed E-state index contributed by atoms with van der Waals surface area (Å²) < 4.78 is 2.05. The fourth-order valence-corrected chi connectivity index (χ4v) is 4.16. The van der Waals surface area contributed by atoms with Crippen LogP contribution >= 0.6 is 31.9 Å². The topological polar surface area (TPSA) is 20.2 Å². The molecular formula is C15H20Br2O. The molecule has 1 unspecified atom stereocenters. The first kappa shape index (κ1) is 14.5. The van der Waals surface area contributed by atoms with Crippen LogP contribution in [0.15, 0.2) is 21.1 Å². The van der Waals surface area contributed by atoms with E-state index in [4.69, 9.17) is 0 Å². The first-order valence-corrected chi connectivity index (χ1v) is 7.83. The molecule has 0 saturated heterocycles. The fourth-order valence-electron chi connectivity index (χ4n) is 3.10. The van der Waals surface area contributed by atoms with Crippen molar-refractivity contribution in [3.05, 3.63) is 32.2 Å². The molecule has 1 saturated carbocycles. The molecule has 2 rings (SSSR count). The molecule has 0 spiro atoms.